The highest BCUT2D eigenvalue weighted by atomic mass is 16.1. The molecule has 0 aromatic carbocycles. The third-order valence-electron chi connectivity index (χ3n) is 5.76. The SMILES string of the molecule is N#Cc1cc2c(nc1N1CCC(C(=O)NCc3cccnc3)CC1)CCCC2. The van der Waals surface area contributed by atoms with Crippen LogP contribution >= 0.6 is 0 Å². The lowest BCUT2D eigenvalue weighted by Crippen LogP contribution is -2.41. The monoisotopic (exact) mass is 375 g/mol. The molecule has 0 saturated carbocycles. The van der Waals surface area contributed by atoms with Gasteiger partial charge in [-0.1, -0.05) is 6.07 Å². The standard InChI is InChI=1S/C22H25N5O/c23-13-19-12-18-5-1-2-6-20(18)26-21(19)27-10-7-17(8-11-27)22(28)25-15-16-4-3-9-24-14-16/h3-4,9,12,14,17H,1-2,5-8,10-11,15H2,(H,25,28). The summed E-state index contributed by atoms with van der Waals surface area (Å²) in [6, 6.07) is 8.19. The Morgan fingerprint density at radius 2 is 2.11 bits per heavy atom. The van der Waals surface area contributed by atoms with Gasteiger partial charge < -0.3 is 10.2 Å². The molecule has 2 aromatic heterocycles. The number of fused-ring (bicyclic) bond motifs is 1. The molecule has 0 bridgehead atoms. The Labute approximate surface area is 165 Å². The molecule has 0 spiro atoms. The molecule has 3 heterocycles. The topological polar surface area (TPSA) is 81.9 Å². The van der Waals surface area contributed by atoms with E-state index in [2.05, 4.69) is 21.3 Å². The van der Waals surface area contributed by atoms with Crippen LogP contribution in [0.3, 0.4) is 0 Å². The van der Waals surface area contributed by atoms with Crippen LogP contribution in [-0.4, -0.2) is 29.0 Å². The first-order valence-corrected chi connectivity index (χ1v) is 10.1. The van der Waals surface area contributed by atoms with Crippen LogP contribution in [-0.2, 0) is 24.2 Å². The molecule has 4 rings (SSSR count). The van der Waals surface area contributed by atoms with Gasteiger partial charge in [0.05, 0.1) is 5.56 Å². The van der Waals surface area contributed by atoms with E-state index in [0.29, 0.717) is 12.1 Å². The van der Waals surface area contributed by atoms with Gasteiger partial charge in [-0.05, 0) is 61.8 Å². The fourth-order valence-corrected chi connectivity index (χ4v) is 4.14. The second-order valence-corrected chi connectivity index (χ2v) is 7.62. The zero-order chi connectivity index (χ0) is 19.3. The Hall–Kier alpha value is -2.94. The number of aromatic nitrogens is 2. The van der Waals surface area contributed by atoms with E-state index >= 15 is 0 Å². The van der Waals surface area contributed by atoms with E-state index in [0.717, 1.165) is 55.8 Å². The molecule has 28 heavy (non-hydrogen) atoms. The molecule has 1 aliphatic carbocycles. The van der Waals surface area contributed by atoms with Gasteiger partial charge >= 0.3 is 0 Å². The maximum absolute atomic E-state index is 12.5. The zero-order valence-electron chi connectivity index (χ0n) is 16.0. The largest absolute Gasteiger partial charge is 0.355 e. The number of anilines is 1. The van der Waals surface area contributed by atoms with Crippen molar-refractivity contribution in [2.45, 2.75) is 45.1 Å². The van der Waals surface area contributed by atoms with Gasteiger partial charge in [0.1, 0.15) is 11.9 Å². The Balaban J connectivity index is 1.37. The third kappa shape index (κ3) is 3.99. The van der Waals surface area contributed by atoms with Crippen LogP contribution in [0.25, 0.3) is 0 Å². The number of aryl methyl sites for hydroxylation is 2. The molecular weight excluding hydrogens is 350 g/mol. The molecule has 1 fully saturated rings. The molecule has 1 N–H and O–H groups in total. The van der Waals surface area contributed by atoms with E-state index < -0.39 is 0 Å². The summed E-state index contributed by atoms with van der Waals surface area (Å²) in [5.41, 5.74) is 4.05. The number of carbonyl (C=O) groups is 1. The van der Waals surface area contributed by atoms with E-state index in [1.165, 1.54) is 18.4 Å². The zero-order valence-corrected chi connectivity index (χ0v) is 16.0. The van der Waals surface area contributed by atoms with Gasteiger partial charge in [-0.15, -0.1) is 0 Å². The van der Waals surface area contributed by atoms with Crippen LogP contribution in [0.15, 0.2) is 30.6 Å². The number of nitriles is 1. The summed E-state index contributed by atoms with van der Waals surface area (Å²) in [6.07, 6.45) is 9.44. The summed E-state index contributed by atoms with van der Waals surface area (Å²) < 4.78 is 0. The van der Waals surface area contributed by atoms with Crippen LogP contribution in [0, 0.1) is 17.2 Å². The predicted octanol–water partition coefficient (Wildman–Crippen LogP) is 2.76. The lowest BCUT2D eigenvalue weighted by atomic mass is 9.93. The summed E-state index contributed by atoms with van der Waals surface area (Å²) >= 11 is 0. The normalized spacial score (nSPS) is 16.9. The van der Waals surface area contributed by atoms with Crippen molar-refractivity contribution in [1.82, 2.24) is 15.3 Å². The number of pyridine rings is 2. The van der Waals surface area contributed by atoms with Gasteiger partial charge in [0.15, 0.2) is 0 Å². The molecule has 1 aliphatic heterocycles. The van der Waals surface area contributed by atoms with Crippen molar-refractivity contribution in [3.05, 3.63) is 53.0 Å². The smallest absolute Gasteiger partial charge is 0.223 e. The van der Waals surface area contributed by atoms with Crippen molar-refractivity contribution < 1.29 is 4.79 Å². The molecule has 144 valence electrons. The number of carbonyl (C=O) groups excluding carboxylic acids is 1. The van der Waals surface area contributed by atoms with Crippen molar-refractivity contribution in [3.63, 3.8) is 0 Å². The van der Waals surface area contributed by atoms with E-state index in [1.54, 1.807) is 12.4 Å². The van der Waals surface area contributed by atoms with Gasteiger partial charge in [-0.25, -0.2) is 4.98 Å². The summed E-state index contributed by atoms with van der Waals surface area (Å²) in [5.74, 6) is 0.913. The fraction of sp³-hybridized carbons (Fsp3) is 0.455. The minimum atomic E-state index is 0.0103. The van der Waals surface area contributed by atoms with Gasteiger partial charge in [-0.3, -0.25) is 9.78 Å². The maximum atomic E-state index is 12.5. The number of amides is 1. The molecule has 2 aliphatic rings. The highest BCUT2D eigenvalue weighted by Crippen LogP contribution is 2.29. The Morgan fingerprint density at radius 1 is 1.29 bits per heavy atom. The number of hydrogen-bond donors (Lipinski definition) is 1. The maximum Gasteiger partial charge on any atom is 0.223 e. The van der Waals surface area contributed by atoms with Crippen molar-refractivity contribution in [2.75, 3.05) is 18.0 Å². The summed E-state index contributed by atoms with van der Waals surface area (Å²) in [4.78, 5) is 23.6. The molecule has 0 radical (unpaired) electrons. The van der Waals surface area contributed by atoms with E-state index in [9.17, 15) is 10.1 Å². The van der Waals surface area contributed by atoms with Crippen LogP contribution in [0.2, 0.25) is 0 Å². The van der Waals surface area contributed by atoms with Crippen LogP contribution in [0.5, 0.6) is 0 Å². The number of rotatable bonds is 4. The third-order valence-corrected chi connectivity index (χ3v) is 5.76. The van der Waals surface area contributed by atoms with E-state index in [4.69, 9.17) is 4.98 Å². The minimum absolute atomic E-state index is 0.0103. The molecule has 1 amide bonds. The van der Waals surface area contributed by atoms with Crippen LogP contribution < -0.4 is 10.2 Å². The van der Waals surface area contributed by atoms with Crippen molar-refractivity contribution in [3.8, 4) is 6.07 Å². The average molecular weight is 375 g/mol. The van der Waals surface area contributed by atoms with Crippen LogP contribution in [0.4, 0.5) is 5.82 Å². The summed E-state index contributed by atoms with van der Waals surface area (Å²) in [7, 11) is 0. The second kappa shape index (κ2) is 8.39. The van der Waals surface area contributed by atoms with Gasteiger partial charge in [0, 0.05) is 43.6 Å². The van der Waals surface area contributed by atoms with Gasteiger partial charge in [0.2, 0.25) is 5.91 Å². The molecule has 6 nitrogen and oxygen atoms in total. The Bertz CT molecular complexity index is 882. The number of nitrogens with one attached hydrogen (secondary N) is 1. The molecule has 1 saturated heterocycles. The lowest BCUT2D eigenvalue weighted by Gasteiger charge is -2.33. The number of hydrogen-bond acceptors (Lipinski definition) is 5. The molecule has 6 heteroatoms. The van der Waals surface area contributed by atoms with Crippen molar-refractivity contribution >= 4 is 11.7 Å². The second-order valence-electron chi connectivity index (χ2n) is 7.62. The van der Waals surface area contributed by atoms with E-state index in [1.807, 2.05) is 18.2 Å². The highest BCUT2D eigenvalue weighted by molar-refractivity contribution is 5.79. The first kappa shape index (κ1) is 18.4. The predicted molar refractivity (Wildman–Crippen MR) is 107 cm³/mol. The summed E-state index contributed by atoms with van der Waals surface area (Å²) in [5, 5.41) is 12.6. The van der Waals surface area contributed by atoms with E-state index in [-0.39, 0.29) is 11.8 Å². The molecule has 0 unspecified atom stereocenters. The Morgan fingerprint density at radius 3 is 2.86 bits per heavy atom. The molecule has 0 atom stereocenters. The highest BCUT2D eigenvalue weighted by Gasteiger charge is 2.27. The van der Waals surface area contributed by atoms with Gasteiger partial charge in [-0.2, -0.15) is 5.26 Å². The fourth-order valence-electron chi connectivity index (χ4n) is 4.14. The van der Waals surface area contributed by atoms with Crippen molar-refractivity contribution in [1.29, 1.82) is 5.26 Å². The minimum Gasteiger partial charge on any atom is -0.355 e. The quantitative estimate of drug-likeness (QED) is 0.889. The summed E-state index contributed by atoms with van der Waals surface area (Å²) in [6.45, 7) is 2.02. The first-order valence-electron chi connectivity index (χ1n) is 10.1. The molecule has 2 aromatic rings. The Kier molecular flexibility index (Phi) is 5.52. The lowest BCUT2D eigenvalue weighted by molar-refractivity contribution is -0.125. The van der Waals surface area contributed by atoms with Crippen LogP contribution in [0.1, 0.15) is 48.1 Å². The molecular formula is C22H25N5O. The van der Waals surface area contributed by atoms with Crippen molar-refractivity contribution in [2.24, 2.45) is 5.92 Å². The average Bonchev–Trinajstić information content (AvgIpc) is 2.77. The van der Waals surface area contributed by atoms with Gasteiger partial charge in [0.25, 0.3) is 0 Å². The number of piperidine rings is 1. The number of nitrogens with zero attached hydrogens (tertiary/aromatic N) is 4. The first-order chi connectivity index (χ1) is 13.7.